The van der Waals surface area contributed by atoms with Gasteiger partial charge in [0.1, 0.15) is 4.88 Å². The number of hydrogen-bond donors (Lipinski definition) is 2. The highest BCUT2D eigenvalue weighted by atomic mass is 32.1. The third-order valence-corrected chi connectivity index (χ3v) is 3.58. The fourth-order valence-corrected chi connectivity index (χ4v) is 2.59. The van der Waals surface area contributed by atoms with Gasteiger partial charge in [-0.2, -0.15) is 0 Å². The second kappa shape index (κ2) is 4.28. The minimum Gasteiger partial charge on any atom is -0.347 e. The molecule has 1 saturated heterocycles. The molecule has 2 heterocycles. The Balaban J connectivity index is 2.03. The lowest BCUT2D eigenvalue weighted by Gasteiger charge is -2.09. The Labute approximate surface area is 93.1 Å². The van der Waals surface area contributed by atoms with Crippen LogP contribution in [0.25, 0.3) is 0 Å². The van der Waals surface area contributed by atoms with Crippen molar-refractivity contribution in [2.24, 2.45) is 0 Å². The van der Waals surface area contributed by atoms with Gasteiger partial charge in [0.05, 0.1) is 10.7 Å². The molecule has 2 N–H and O–H groups in total. The lowest BCUT2D eigenvalue weighted by Crippen LogP contribution is -2.36. The van der Waals surface area contributed by atoms with E-state index in [-0.39, 0.29) is 11.9 Å². The predicted octanol–water partition coefficient (Wildman–Crippen LogP) is 0.852. The fourth-order valence-electron chi connectivity index (χ4n) is 1.77. The minimum absolute atomic E-state index is 0.0202. The van der Waals surface area contributed by atoms with Gasteiger partial charge >= 0.3 is 0 Å². The van der Waals surface area contributed by atoms with Crippen molar-refractivity contribution in [2.75, 3.05) is 13.1 Å². The van der Waals surface area contributed by atoms with Crippen LogP contribution in [0.1, 0.15) is 26.8 Å². The highest BCUT2D eigenvalue weighted by Crippen LogP contribution is 2.17. The van der Waals surface area contributed by atoms with Crippen LogP contribution in [0.5, 0.6) is 0 Å². The predicted molar refractivity (Wildman–Crippen MR) is 60.3 cm³/mol. The molecule has 1 fully saturated rings. The number of carbonyl (C=O) groups excluding carboxylic acids is 1. The first kappa shape index (κ1) is 10.6. The molecule has 0 bridgehead atoms. The SMILES string of the molecule is Cc1nc(C)c(C(=O)N[C@H]2CCNC2)s1. The molecule has 1 aliphatic heterocycles. The Morgan fingerprint density at radius 1 is 1.60 bits per heavy atom. The van der Waals surface area contributed by atoms with E-state index in [1.807, 2.05) is 13.8 Å². The molecule has 82 valence electrons. The normalized spacial score (nSPS) is 20.5. The van der Waals surface area contributed by atoms with Crippen LogP contribution in [0, 0.1) is 13.8 Å². The van der Waals surface area contributed by atoms with Gasteiger partial charge in [-0.3, -0.25) is 4.79 Å². The summed E-state index contributed by atoms with van der Waals surface area (Å²) >= 11 is 1.46. The molecular weight excluding hydrogens is 210 g/mol. The number of amides is 1. The first-order valence-corrected chi connectivity index (χ1v) is 5.94. The van der Waals surface area contributed by atoms with Crippen molar-refractivity contribution in [2.45, 2.75) is 26.3 Å². The molecule has 0 spiro atoms. The summed E-state index contributed by atoms with van der Waals surface area (Å²) in [7, 11) is 0. The number of nitrogens with zero attached hydrogens (tertiary/aromatic N) is 1. The molecule has 4 nitrogen and oxygen atoms in total. The van der Waals surface area contributed by atoms with Crippen molar-refractivity contribution in [3.63, 3.8) is 0 Å². The van der Waals surface area contributed by atoms with Crippen LogP contribution in [0.2, 0.25) is 0 Å². The Kier molecular flexibility index (Phi) is 3.02. The third-order valence-electron chi connectivity index (χ3n) is 2.51. The van der Waals surface area contributed by atoms with Crippen LogP contribution < -0.4 is 10.6 Å². The van der Waals surface area contributed by atoms with Crippen molar-refractivity contribution in [1.29, 1.82) is 0 Å². The standard InChI is InChI=1S/C10H15N3OS/c1-6-9(15-7(2)12-6)10(14)13-8-3-4-11-5-8/h8,11H,3-5H2,1-2H3,(H,13,14)/t8-/m0/s1. The number of carbonyl (C=O) groups is 1. The molecule has 1 atom stereocenters. The summed E-state index contributed by atoms with van der Waals surface area (Å²) in [6, 6.07) is 0.277. The Bertz CT molecular complexity index is 369. The van der Waals surface area contributed by atoms with Crippen LogP contribution >= 0.6 is 11.3 Å². The molecule has 0 aromatic carbocycles. The molecule has 1 amide bonds. The molecule has 1 aromatic rings. The van der Waals surface area contributed by atoms with Gasteiger partial charge in [-0.25, -0.2) is 4.98 Å². The number of hydrogen-bond acceptors (Lipinski definition) is 4. The molecular formula is C10H15N3OS. The molecule has 0 aliphatic carbocycles. The van der Waals surface area contributed by atoms with Gasteiger partial charge in [0.2, 0.25) is 0 Å². The van der Waals surface area contributed by atoms with E-state index in [2.05, 4.69) is 15.6 Å². The molecule has 15 heavy (non-hydrogen) atoms. The van der Waals surface area contributed by atoms with E-state index in [0.717, 1.165) is 35.1 Å². The first-order chi connectivity index (χ1) is 7.16. The molecule has 0 radical (unpaired) electrons. The lowest BCUT2D eigenvalue weighted by molar-refractivity contribution is 0.0943. The number of aromatic nitrogens is 1. The smallest absolute Gasteiger partial charge is 0.263 e. The maximum absolute atomic E-state index is 11.9. The zero-order valence-corrected chi connectivity index (χ0v) is 9.78. The molecule has 5 heteroatoms. The summed E-state index contributed by atoms with van der Waals surface area (Å²) in [6.45, 7) is 5.67. The van der Waals surface area contributed by atoms with E-state index in [1.165, 1.54) is 11.3 Å². The maximum atomic E-state index is 11.9. The van der Waals surface area contributed by atoms with Gasteiger partial charge in [0, 0.05) is 12.6 Å². The van der Waals surface area contributed by atoms with Gasteiger partial charge in [-0.15, -0.1) is 11.3 Å². The minimum atomic E-state index is 0.0202. The summed E-state index contributed by atoms with van der Waals surface area (Å²) < 4.78 is 0. The number of nitrogens with one attached hydrogen (secondary N) is 2. The summed E-state index contributed by atoms with van der Waals surface area (Å²) in [5.41, 5.74) is 0.834. The molecule has 0 saturated carbocycles. The van der Waals surface area contributed by atoms with E-state index in [9.17, 15) is 4.79 Å². The van der Waals surface area contributed by atoms with Crippen molar-refractivity contribution >= 4 is 17.2 Å². The number of thiazole rings is 1. The third kappa shape index (κ3) is 2.35. The van der Waals surface area contributed by atoms with Crippen LogP contribution in [0.15, 0.2) is 0 Å². The number of aryl methyl sites for hydroxylation is 2. The zero-order valence-electron chi connectivity index (χ0n) is 8.96. The van der Waals surface area contributed by atoms with Crippen molar-refractivity contribution in [3.05, 3.63) is 15.6 Å². The molecule has 0 unspecified atom stereocenters. The molecule has 1 aliphatic rings. The van der Waals surface area contributed by atoms with Gasteiger partial charge in [0.15, 0.2) is 0 Å². The summed E-state index contributed by atoms with van der Waals surface area (Å²) in [5.74, 6) is 0.0202. The zero-order chi connectivity index (χ0) is 10.8. The van der Waals surface area contributed by atoms with E-state index in [1.54, 1.807) is 0 Å². The Hall–Kier alpha value is -0.940. The summed E-state index contributed by atoms with van der Waals surface area (Å²) in [5, 5.41) is 7.19. The van der Waals surface area contributed by atoms with Crippen molar-refractivity contribution in [1.82, 2.24) is 15.6 Å². The van der Waals surface area contributed by atoms with E-state index in [4.69, 9.17) is 0 Å². The summed E-state index contributed by atoms with van der Waals surface area (Å²) in [6.07, 6.45) is 1.02. The average Bonchev–Trinajstić information content (AvgIpc) is 2.75. The first-order valence-electron chi connectivity index (χ1n) is 5.12. The number of rotatable bonds is 2. The Morgan fingerprint density at radius 2 is 2.40 bits per heavy atom. The van der Waals surface area contributed by atoms with Crippen LogP contribution in [0.4, 0.5) is 0 Å². The second-order valence-corrected chi connectivity index (χ2v) is 5.01. The highest BCUT2D eigenvalue weighted by Gasteiger charge is 2.20. The van der Waals surface area contributed by atoms with Crippen molar-refractivity contribution < 1.29 is 4.79 Å². The van der Waals surface area contributed by atoms with Gasteiger partial charge < -0.3 is 10.6 Å². The van der Waals surface area contributed by atoms with Gasteiger partial charge in [0.25, 0.3) is 5.91 Å². The summed E-state index contributed by atoms with van der Waals surface area (Å²) in [4.78, 5) is 16.9. The largest absolute Gasteiger partial charge is 0.347 e. The van der Waals surface area contributed by atoms with E-state index < -0.39 is 0 Å². The fraction of sp³-hybridized carbons (Fsp3) is 0.600. The maximum Gasteiger partial charge on any atom is 0.263 e. The average molecular weight is 225 g/mol. The van der Waals surface area contributed by atoms with Crippen LogP contribution in [0.3, 0.4) is 0 Å². The molecule has 2 rings (SSSR count). The van der Waals surface area contributed by atoms with Crippen LogP contribution in [-0.2, 0) is 0 Å². The highest BCUT2D eigenvalue weighted by molar-refractivity contribution is 7.13. The van der Waals surface area contributed by atoms with Gasteiger partial charge in [-0.1, -0.05) is 0 Å². The van der Waals surface area contributed by atoms with Gasteiger partial charge in [-0.05, 0) is 26.8 Å². The topological polar surface area (TPSA) is 54.0 Å². The van der Waals surface area contributed by atoms with E-state index in [0.29, 0.717) is 0 Å². The second-order valence-electron chi connectivity index (χ2n) is 3.81. The molecule has 1 aromatic heterocycles. The van der Waals surface area contributed by atoms with Crippen molar-refractivity contribution in [3.8, 4) is 0 Å². The van der Waals surface area contributed by atoms with Crippen LogP contribution in [-0.4, -0.2) is 30.0 Å². The Morgan fingerprint density at radius 3 is 2.93 bits per heavy atom. The lowest BCUT2D eigenvalue weighted by atomic mass is 10.2. The quantitative estimate of drug-likeness (QED) is 0.784. The monoisotopic (exact) mass is 225 g/mol. The van der Waals surface area contributed by atoms with E-state index >= 15 is 0 Å².